The first-order valence-corrected chi connectivity index (χ1v) is 11.5. The van der Waals surface area contributed by atoms with Crippen molar-refractivity contribution in [1.82, 2.24) is 15.5 Å². The number of hydrogen-bond donors (Lipinski definition) is 6. The Balaban J connectivity index is 2.01. The van der Waals surface area contributed by atoms with Crippen molar-refractivity contribution in [1.29, 1.82) is 0 Å². The van der Waals surface area contributed by atoms with Crippen LogP contribution in [-0.2, 0) is 25.6 Å². The number of nitrogens with two attached hydrogens (primary N) is 1. The van der Waals surface area contributed by atoms with E-state index < -0.39 is 42.0 Å². The topological polar surface area (TPSA) is 162 Å². The van der Waals surface area contributed by atoms with Gasteiger partial charge in [0.25, 0.3) is 0 Å². The molecule has 4 unspecified atom stereocenters. The zero-order valence-corrected chi connectivity index (χ0v) is 19.6. The van der Waals surface area contributed by atoms with Gasteiger partial charge in [-0.05, 0) is 42.9 Å². The van der Waals surface area contributed by atoms with Gasteiger partial charge in [-0.1, -0.05) is 26.0 Å². The monoisotopic (exact) mass is 480 g/mol. The molecule has 1 aromatic rings. The van der Waals surface area contributed by atoms with Crippen molar-refractivity contribution in [2.45, 2.75) is 57.3 Å². The highest BCUT2D eigenvalue weighted by atomic mass is 32.1. The van der Waals surface area contributed by atoms with Gasteiger partial charge in [-0.25, -0.2) is 4.79 Å². The molecule has 0 spiro atoms. The van der Waals surface area contributed by atoms with E-state index in [1.165, 1.54) is 17.0 Å². The van der Waals surface area contributed by atoms with Crippen molar-refractivity contribution in [3.05, 3.63) is 29.8 Å². The number of phenols is 1. The Morgan fingerprint density at radius 3 is 2.36 bits per heavy atom. The third-order valence-corrected chi connectivity index (χ3v) is 5.96. The Labute approximate surface area is 198 Å². The SMILES string of the molecule is CC(C)C(NC(=O)C(CS)NC(=O)C1CCCN1C(=O)C(N)Cc1ccc(O)cc1)C(=O)O. The average Bonchev–Trinajstić information content (AvgIpc) is 3.26. The molecule has 10 nitrogen and oxygen atoms in total. The number of nitrogens with one attached hydrogen (secondary N) is 2. The van der Waals surface area contributed by atoms with E-state index in [1.807, 2.05) is 0 Å². The Morgan fingerprint density at radius 1 is 1.18 bits per heavy atom. The highest BCUT2D eigenvalue weighted by molar-refractivity contribution is 7.80. The molecule has 0 bridgehead atoms. The first-order chi connectivity index (χ1) is 15.5. The van der Waals surface area contributed by atoms with Crippen LogP contribution in [0.4, 0.5) is 0 Å². The summed E-state index contributed by atoms with van der Waals surface area (Å²) in [5.74, 6) is -2.98. The van der Waals surface area contributed by atoms with E-state index in [2.05, 4.69) is 23.3 Å². The van der Waals surface area contributed by atoms with Crippen molar-refractivity contribution >= 4 is 36.3 Å². The van der Waals surface area contributed by atoms with Crippen LogP contribution in [0.25, 0.3) is 0 Å². The van der Waals surface area contributed by atoms with Gasteiger partial charge in [0.2, 0.25) is 17.7 Å². The zero-order chi connectivity index (χ0) is 24.7. The van der Waals surface area contributed by atoms with Gasteiger partial charge in [0, 0.05) is 12.3 Å². The molecule has 1 heterocycles. The zero-order valence-electron chi connectivity index (χ0n) is 18.7. The first-order valence-electron chi connectivity index (χ1n) is 10.8. The Morgan fingerprint density at radius 2 is 1.82 bits per heavy atom. The minimum absolute atomic E-state index is 0.0387. The predicted octanol–water partition coefficient (Wildman–Crippen LogP) is -0.107. The van der Waals surface area contributed by atoms with Gasteiger partial charge in [-0.15, -0.1) is 0 Å². The fraction of sp³-hybridized carbons (Fsp3) is 0.545. The van der Waals surface area contributed by atoms with Crippen LogP contribution in [0.2, 0.25) is 0 Å². The quantitative estimate of drug-likeness (QED) is 0.255. The van der Waals surface area contributed by atoms with Crippen molar-refractivity contribution in [2.24, 2.45) is 11.7 Å². The fourth-order valence-corrected chi connectivity index (χ4v) is 3.98. The van der Waals surface area contributed by atoms with Crippen LogP contribution in [0.1, 0.15) is 32.3 Å². The maximum absolute atomic E-state index is 12.9. The molecule has 11 heteroatoms. The molecule has 2 rings (SSSR count). The molecule has 33 heavy (non-hydrogen) atoms. The van der Waals surface area contributed by atoms with Gasteiger partial charge in [0.15, 0.2) is 0 Å². The Kier molecular flexibility index (Phi) is 9.54. The number of carboxylic acids is 1. The molecule has 1 aliphatic rings. The summed E-state index contributed by atoms with van der Waals surface area (Å²) in [6.07, 6.45) is 1.29. The summed E-state index contributed by atoms with van der Waals surface area (Å²) in [7, 11) is 0. The maximum atomic E-state index is 12.9. The van der Waals surface area contributed by atoms with E-state index in [9.17, 15) is 29.4 Å². The molecule has 1 aliphatic heterocycles. The van der Waals surface area contributed by atoms with Gasteiger partial charge < -0.3 is 31.5 Å². The minimum Gasteiger partial charge on any atom is -0.508 e. The number of hydrogen-bond acceptors (Lipinski definition) is 7. The van der Waals surface area contributed by atoms with Crippen molar-refractivity contribution in [3.63, 3.8) is 0 Å². The lowest BCUT2D eigenvalue weighted by atomic mass is 10.0. The van der Waals surface area contributed by atoms with Gasteiger partial charge in [0.05, 0.1) is 6.04 Å². The lowest BCUT2D eigenvalue weighted by Crippen LogP contribution is -2.57. The third-order valence-electron chi connectivity index (χ3n) is 5.59. The number of nitrogens with zero attached hydrogens (tertiary/aromatic N) is 1. The molecule has 0 aliphatic carbocycles. The average molecular weight is 481 g/mol. The number of carboxylic acid groups (broad SMARTS) is 1. The maximum Gasteiger partial charge on any atom is 0.326 e. The molecule has 1 aromatic carbocycles. The van der Waals surface area contributed by atoms with E-state index in [-0.39, 0.29) is 29.7 Å². The molecule has 0 saturated carbocycles. The van der Waals surface area contributed by atoms with Crippen LogP contribution in [0, 0.1) is 5.92 Å². The number of benzene rings is 1. The van der Waals surface area contributed by atoms with Gasteiger partial charge in [-0.2, -0.15) is 12.6 Å². The second-order valence-electron chi connectivity index (χ2n) is 8.48. The smallest absolute Gasteiger partial charge is 0.326 e. The standard InChI is InChI=1S/C22H32N4O6S/c1-12(2)18(22(31)32)25-19(28)16(11-33)24-20(29)17-4-3-9-26(17)21(30)15(23)10-13-5-7-14(27)8-6-13/h5-8,12,15-18,27,33H,3-4,9-11,23H2,1-2H3,(H,24,29)(H,25,28)(H,31,32). The van der Waals surface area contributed by atoms with E-state index in [0.717, 1.165) is 5.56 Å². The summed E-state index contributed by atoms with van der Waals surface area (Å²) < 4.78 is 0. The van der Waals surface area contributed by atoms with E-state index in [0.29, 0.717) is 19.4 Å². The van der Waals surface area contributed by atoms with Crippen molar-refractivity contribution < 1.29 is 29.4 Å². The number of rotatable bonds is 10. The molecule has 6 N–H and O–H groups in total. The van der Waals surface area contributed by atoms with Crippen LogP contribution in [0.3, 0.4) is 0 Å². The number of amides is 3. The first kappa shape index (κ1) is 26.5. The van der Waals surface area contributed by atoms with Crippen LogP contribution in [0.15, 0.2) is 24.3 Å². The largest absolute Gasteiger partial charge is 0.508 e. The third kappa shape index (κ3) is 7.10. The number of carbonyl (C=O) groups is 4. The van der Waals surface area contributed by atoms with Gasteiger partial charge in [-0.3, -0.25) is 14.4 Å². The van der Waals surface area contributed by atoms with Crippen molar-refractivity contribution in [2.75, 3.05) is 12.3 Å². The number of phenolic OH excluding ortho intramolecular Hbond substituents is 1. The summed E-state index contributed by atoms with van der Waals surface area (Å²) in [6, 6.07) is 2.57. The second-order valence-corrected chi connectivity index (χ2v) is 8.84. The lowest BCUT2D eigenvalue weighted by Gasteiger charge is -2.28. The summed E-state index contributed by atoms with van der Waals surface area (Å²) in [4.78, 5) is 51.1. The normalized spacial score (nSPS) is 18.5. The van der Waals surface area contributed by atoms with Crippen LogP contribution < -0.4 is 16.4 Å². The van der Waals surface area contributed by atoms with E-state index in [4.69, 9.17) is 5.73 Å². The lowest BCUT2D eigenvalue weighted by molar-refractivity contribution is -0.144. The molecule has 1 saturated heterocycles. The van der Waals surface area contributed by atoms with Crippen molar-refractivity contribution in [3.8, 4) is 5.75 Å². The molecule has 3 amide bonds. The summed E-state index contributed by atoms with van der Waals surface area (Å²) in [6.45, 7) is 3.69. The number of carbonyl (C=O) groups excluding carboxylic acids is 3. The molecule has 0 aromatic heterocycles. The number of thiol groups is 1. The van der Waals surface area contributed by atoms with Crippen LogP contribution in [-0.4, -0.2) is 75.3 Å². The predicted molar refractivity (Wildman–Crippen MR) is 125 cm³/mol. The fourth-order valence-electron chi connectivity index (χ4n) is 3.72. The molecule has 1 fully saturated rings. The Hall–Kier alpha value is -2.79. The van der Waals surface area contributed by atoms with E-state index >= 15 is 0 Å². The summed E-state index contributed by atoms with van der Waals surface area (Å²) in [5.41, 5.74) is 6.88. The van der Waals surface area contributed by atoms with Crippen LogP contribution >= 0.6 is 12.6 Å². The number of likely N-dealkylation sites (tertiary alicyclic amines) is 1. The summed E-state index contributed by atoms with van der Waals surface area (Å²) in [5, 5.41) is 23.7. The molecular formula is C22H32N4O6S. The van der Waals surface area contributed by atoms with Gasteiger partial charge >= 0.3 is 5.97 Å². The molecule has 0 radical (unpaired) electrons. The summed E-state index contributed by atoms with van der Waals surface area (Å²) >= 11 is 4.12. The highest BCUT2D eigenvalue weighted by Gasteiger charge is 2.38. The molecular weight excluding hydrogens is 448 g/mol. The number of aliphatic carboxylic acids is 1. The Bertz CT molecular complexity index is 863. The molecule has 182 valence electrons. The van der Waals surface area contributed by atoms with E-state index in [1.54, 1.807) is 26.0 Å². The number of aromatic hydroxyl groups is 1. The molecule has 4 atom stereocenters. The highest BCUT2D eigenvalue weighted by Crippen LogP contribution is 2.20. The second kappa shape index (κ2) is 11.9. The van der Waals surface area contributed by atoms with Crippen LogP contribution in [0.5, 0.6) is 5.75 Å². The van der Waals surface area contributed by atoms with Gasteiger partial charge in [0.1, 0.15) is 23.9 Å². The minimum atomic E-state index is -1.17.